The lowest BCUT2D eigenvalue weighted by Gasteiger charge is -2.40. The Morgan fingerprint density at radius 3 is 1.45 bits per heavy atom. The summed E-state index contributed by atoms with van der Waals surface area (Å²) in [6.07, 6.45) is 41.4. The summed E-state index contributed by atoms with van der Waals surface area (Å²) in [7, 11) is -4.61. The number of hydrogen-bond acceptors (Lipinski definition) is 11. The van der Waals surface area contributed by atoms with Gasteiger partial charge in [-0.15, -0.1) is 0 Å². The summed E-state index contributed by atoms with van der Waals surface area (Å²) in [5.74, 6) is -1.99. The van der Waals surface area contributed by atoms with E-state index in [1.165, 1.54) is 89.9 Å². The first-order chi connectivity index (χ1) is 31.5. The second-order valence-corrected chi connectivity index (χ2v) is 19.3. The zero-order valence-electron chi connectivity index (χ0n) is 40.6. The van der Waals surface area contributed by atoms with Crippen LogP contribution in [0.4, 0.5) is 0 Å². The van der Waals surface area contributed by atoms with Gasteiger partial charge < -0.3 is 34.3 Å². The lowest BCUT2D eigenvalue weighted by Crippen LogP contribution is -2.60. The minimum atomic E-state index is -4.61. The highest BCUT2D eigenvalue weighted by Gasteiger charge is 2.46. The molecule has 1 aliphatic heterocycles. The molecule has 12 nitrogen and oxygen atoms in total. The molecular weight excluding hydrogens is 849 g/mol. The summed E-state index contributed by atoms with van der Waals surface area (Å²) in [4.78, 5) is 25.5. The maximum Gasteiger partial charge on any atom is 0.306 e. The lowest BCUT2D eigenvalue weighted by molar-refractivity contribution is -0.297. The van der Waals surface area contributed by atoms with Gasteiger partial charge in [0.1, 0.15) is 36.8 Å². The summed E-state index contributed by atoms with van der Waals surface area (Å²) in [6.45, 7) is 3.67. The van der Waals surface area contributed by atoms with Crippen LogP contribution in [-0.4, -0.2) is 96.0 Å². The number of carbonyl (C=O) groups is 2. The van der Waals surface area contributed by atoms with Crippen LogP contribution in [0, 0.1) is 0 Å². The molecule has 1 heterocycles. The van der Waals surface area contributed by atoms with Gasteiger partial charge in [0.2, 0.25) is 0 Å². The Kier molecular flexibility index (Phi) is 39.0. The molecule has 6 unspecified atom stereocenters. The lowest BCUT2D eigenvalue weighted by atomic mass is 10.00. The van der Waals surface area contributed by atoms with Crippen molar-refractivity contribution in [3.63, 3.8) is 0 Å². The maximum absolute atomic E-state index is 12.9. The summed E-state index contributed by atoms with van der Waals surface area (Å²) < 4.78 is 54.2. The van der Waals surface area contributed by atoms with Crippen molar-refractivity contribution < 1.29 is 56.8 Å². The van der Waals surface area contributed by atoms with Crippen LogP contribution in [0.15, 0.2) is 48.6 Å². The monoisotopic (exact) mass is 941 g/mol. The van der Waals surface area contributed by atoms with Gasteiger partial charge in [0.15, 0.2) is 12.4 Å². The van der Waals surface area contributed by atoms with Gasteiger partial charge in [0.25, 0.3) is 10.1 Å². The number of carbonyl (C=O) groups excluding carboxylic acids is 2. The SMILES string of the molecule is CC/C=C\C/C=C\C/C=C\C/C=C\CCCCCCCCC(=O)OC(COC(=O)CCCCCCCCCCCCCCCCCCCC)COC1OC(CS(=O)(=O)O)C(O)C(O)C1O. The molecule has 1 saturated heterocycles. The highest BCUT2D eigenvalue weighted by molar-refractivity contribution is 7.85. The van der Waals surface area contributed by atoms with E-state index in [0.29, 0.717) is 12.8 Å². The normalized spacial score (nSPS) is 19.9. The molecule has 0 bridgehead atoms. The minimum absolute atomic E-state index is 0.148. The summed E-state index contributed by atoms with van der Waals surface area (Å²) >= 11 is 0. The first-order valence-electron chi connectivity index (χ1n) is 25.7. The van der Waals surface area contributed by atoms with Crippen LogP contribution < -0.4 is 0 Å². The Balaban J connectivity index is 2.38. The maximum atomic E-state index is 12.9. The van der Waals surface area contributed by atoms with E-state index in [4.69, 9.17) is 18.9 Å². The van der Waals surface area contributed by atoms with Gasteiger partial charge in [-0.1, -0.05) is 197 Å². The second kappa shape index (κ2) is 41.8. The minimum Gasteiger partial charge on any atom is -0.462 e. The fourth-order valence-electron chi connectivity index (χ4n) is 7.73. The molecule has 378 valence electrons. The number of hydrogen-bond donors (Lipinski definition) is 4. The topological polar surface area (TPSA) is 186 Å². The molecule has 0 aromatic heterocycles. The Morgan fingerprint density at radius 1 is 0.538 bits per heavy atom. The van der Waals surface area contributed by atoms with E-state index in [1.807, 2.05) is 0 Å². The molecule has 0 aromatic rings. The largest absolute Gasteiger partial charge is 0.462 e. The number of ether oxygens (including phenoxy) is 4. The number of aliphatic hydroxyl groups is 3. The van der Waals surface area contributed by atoms with E-state index in [2.05, 4.69) is 62.5 Å². The number of unbranched alkanes of at least 4 members (excludes halogenated alkanes) is 23. The van der Waals surface area contributed by atoms with E-state index in [9.17, 15) is 37.9 Å². The van der Waals surface area contributed by atoms with Crippen molar-refractivity contribution in [3.05, 3.63) is 48.6 Å². The fourth-order valence-corrected chi connectivity index (χ4v) is 8.42. The van der Waals surface area contributed by atoms with Crippen LogP contribution in [0.5, 0.6) is 0 Å². The molecular formula is C52H92O12S. The van der Waals surface area contributed by atoms with Crippen LogP contribution >= 0.6 is 0 Å². The van der Waals surface area contributed by atoms with E-state index in [0.717, 1.165) is 83.5 Å². The zero-order valence-corrected chi connectivity index (χ0v) is 41.4. The van der Waals surface area contributed by atoms with E-state index < -0.39 is 71.2 Å². The van der Waals surface area contributed by atoms with Crippen molar-refractivity contribution in [2.75, 3.05) is 19.0 Å². The Hall–Kier alpha value is -2.39. The van der Waals surface area contributed by atoms with Crippen molar-refractivity contribution in [2.24, 2.45) is 0 Å². The molecule has 1 rings (SSSR count). The molecule has 1 aliphatic rings. The highest BCUT2D eigenvalue weighted by atomic mass is 32.2. The van der Waals surface area contributed by atoms with Crippen LogP contribution in [0.2, 0.25) is 0 Å². The van der Waals surface area contributed by atoms with Crippen molar-refractivity contribution in [3.8, 4) is 0 Å². The van der Waals surface area contributed by atoms with E-state index in [1.54, 1.807) is 0 Å². The molecule has 0 amide bonds. The number of aliphatic hydroxyl groups excluding tert-OH is 3. The highest BCUT2D eigenvalue weighted by Crippen LogP contribution is 2.24. The quantitative estimate of drug-likeness (QED) is 0.0196. The van der Waals surface area contributed by atoms with Gasteiger partial charge in [-0.3, -0.25) is 14.1 Å². The standard InChI is InChI=1S/C52H92O12S/c1-3-5-7-9-11-13-15-17-19-21-23-25-27-29-31-33-35-37-39-41-48(54)63-45(43-62-52-51(57)50(56)49(55)46(64-52)44-65(58,59)60)42-61-47(53)40-38-36-34-32-30-28-26-24-22-20-18-16-14-12-10-8-6-4-2/h5,7,11,13,17,19,23,25,45-46,49-52,55-57H,3-4,6,8-10,12,14-16,18,20-22,24,26-44H2,1-2H3,(H,58,59,60)/b7-5-,13-11-,19-17-,25-23-. The predicted molar refractivity (Wildman–Crippen MR) is 261 cm³/mol. The van der Waals surface area contributed by atoms with Crippen LogP contribution in [0.3, 0.4) is 0 Å². The van der Waals surface area contributed by atoms with Gasteiger partial charge in [-0.05, 0) is 51.4 Å². The fraction of sp³-hybridized carbons (Fsp3) is 0.808. The number of rotatable bonds is 43. The van der Waals surface area contributed by atoms with Crippen LogP contribution in [-0.2, 0) is 38.7 Å². The summed E-state index contributed by atoms with van der Waals surface area (Å²) in [6, 6.07) is 0. The zero-order chi connectivity index (χ0) is 47.6. The van der Waals surface area contributed by atoms with Gasteiger partial charge in [-0.2, -0.15) is 8.42 Å². The third-order valence-corrected chi connectivity index (χ3v) is 12.4. The average Bonchev–Trinajstić information content (AvgIpc) is 3.27. The van der Waals surface area contributed by atoms with Crippen molar-refractivity contribution in [1.82, 2.24) is 0 Å². The Labute approximate surface area is 394 Å². The predicted octanol–water partition coefficient (Wildman–Crippen LogP) is 11.5. The summed E-state index contributed by atoms with van der Waals surface area (Å²) in [5.41, 5.74) is 0. The molecule has 0 spiro atoms. The van der Waals surface area contributed by atoms with Gasteiger partial charge in [-0.25, -0.2) is 0 Å². The molecule has 0 aromatic carbocycles. The van der Waals surface area contributed by atoms with E-state index >= 15 is 0 Å². The molecule has 0 radical (unpaired) electrons. The van der Waals surface area contributed by atoms with Gasteiger partial charge >= 0.3 is 11.9 Å². The first kappa shape index (κ1) is 60.6. The smallest absolute Gasteiger partial charge is 0.306 e. The average molecular weight is 941 g/mol. The van der Waals surface area contributed by atoms with Crippen molar-refractivity contribution in [1.29, 1.82) is 0 Å². The van der Waals surface area contributed by atoms with Gasteiger partial charge in [0.05, 0.1) is 6.61 Å². The van der Waals surface area contributed by atoms with Crippen molar-refractivity contribution >= 4 is 22.1 Å². The van der Waals surface area contributed by atoms with Gasteiger partial charge in [0, 0.05) is 12.8 Å². The van der Waals surface area contributed by atoms with Crippen LogP contribution in [0.25, 0.3) is 0 Å². The molecule has 4 N–H and O–H groups in total. The Morgan fingerprint density at radius 2 is 0.969 bits per heavy atom. The Bertz CT molecular complexity index is 1380. The summed E-state index contributed by atoms with van der Waals surface area (Å²) in [5, 5.41) is 31.0. The first-order valence-corrected chi connectivity index (χ1v) is 27.3. The molecule has 1 fully saturated rings. The molecule has 6 atom stereocenters. The third kappa shape index (κ3) is 36.3. The molecule has 65 heavy (non-hydrogen) atoms. The molecule has 0 saturated carbocycles. The van der Waals surface area contributed by atoms with Crippen LogP contribution in [0.1, 0.15) is 213 Å². The second-order valence-electron chi connectivity index (χ2n) is 17.8. The molecule has 0 aliphatic carbocycles. The number of esters is 2. The molecule has 13 heteroatoms. The van der Waals surface area contributed by atoms with Crippen molar-refractivity contribution in [2.45, 2.75) is 250 Å². The third-order valence-electron chi connectivity index (χ3n) is 11.7. The van der Waals surface area contributed by atoms with E-state index in [-0.39, 0.29) is 19.4 Å². The number of allylic oxidation sites excluding steroid dienone is 8.